The summed E-state index contributed by atoms with van der Waals surface area (Å²) in [6, 6.07) is 6.60. The number of aliphatic hydroxyl groups excluding tert-OH is 1. The number of nitrogens with zero attached hydrogens (tertiary/aromatic N) is 4. The lowest BCUT2D eigenvalue weighted by Gasteiger charge is -2.36. The zero-order valence-corrected chi connectivity index (χ0v) is 23.5. The number of aliphatic hydroxyl groups is 1. The van der Waals surface area contributed by atoms with Gasteiger partial charge in [-0.25, -0.2) is 0 Å². The minimum atomic E-state index is -0.456. The molecule has 2 aliphatic carbocycles. The Balaban J connectivity index is 1.37. The van der Waals surface area contributed by atoms with Gasteiger partial charge in [0.05, 0.1) is 6.10 Å². The SMILES string of the molecule is Cc1ccc(CC(=O)CC(CC(=O)N2CC[C@H](O)C2)c2nnc(C3CC(CC(C)C)C3)n2C2CC2)c(C)c1. The van der Waals surface area contributed by atoms with Gasteiger partial charge in [0.15, 0.2) is 0 Å². The molecule has 2 heterocycles. The molecule has 1 aliphatic heterocycles. The Kier molecular flexibility index (Phi) is 8.03. The molecule has 2 saturated carbocycles. The molecule has 7 nitrogen and oxygen atoms in total. The summed E-state index contributed by atoms with van der Waals surface area (Å²) in [7, 11) is 0. The van der Waals surface area contributed by atoms with Gasteiger partial charge in [-0.15, -0.1) is 10.2 Å². The van der Waals surface area contributed by atoms with Gasteiger partial charge in [0.1, 0.15) is 17.4 Å². The first-order chi connectivity index (χ1) is 18.2. The molecule has 1 aromatic carbocycles. The third kappa shape index (κ3) is 6.19. The number of hydrogen-bond acceptors (Lipinski definition) is 5. The van der Waals surface area contributed by atoms with E-state index in [1.54, 1.807) is 4.90 Å². The van der Waals surface area contributed by atoms with Crippen LogP contribution in [-0.4, -0.2) is 55.7 Å². The molecule has 3 aliphatic rings. The van der Waals surface area contributed by atoms with Gasteiger partial charge in [-0.2, -0.15) is 0 Å². The fourth-order valence-electron chi connectivity index (χ4n) is 6.55. The van der Waals surface area contributed by atoms with E-state index in [0.717, 1.165) is 54.4 Å². The first-order valence-corrected chi connectivity index (χ1v) is 14.7. The van der Waals surface area contributed by atoms with Crippen LogP contribution in [0.5, 0.6) is 0 Å². The van der Waals surface area contributed by atoms with Crippen molar-refractivity contribution < 1.29 is 14.7 Å². The fourth-order valence-corrected chi connectivity index (χ4v) is 6.55. The third-order valence-corrected chi connectivity index (χ3v) is 8.73. The van der Waals surface area contributed by atoms with Crippen LogP contribution in [0.3, 0.4) is 0 Å². The highest BCUT2D eigenvalue weighted by atomic mass is 16.3. The molecule has 38 heavy (non-hydrogen) atoms. The van der Waals surface area contributed by atoms with Crippen molar-refractivity contribution >= 4 is 11.7 Å². The van der Waals surface area contributed by atoms with Crippen LogP contribution in [0.15, 0.2) is 18.2 Å². The maximum absolute atomic E-state index is 13.4. The van der Waals surface area contributed by atoms with Crippen LogP contribution in [0.1, 0.15) is 111 Å². The van der Waals surface area contributed by atoms with Crippen molar-refractivity contribution in [1.29, 1.82) is 0 Å². The van der Waals surface area contributed by atoms with E-state index in [0.29, 0.717) is 43.8 Å². The van der Waals surface area contributed by atoms with Crippen LogP contribution < -0.4 is 0 Å². The Labute approximate surface area is 227 Å². The highest BCUT2D eigenvalue weighted by Crippen LogP contribution is 2.48. The molecule has 1 amide bonds. The number of amides is 1. The molecule has 1 saturated heterocycles. The second-order valence-electron chi connectivity index (χ2n) is 12.7. The summed E-state index contributed by atoms with van der Waals surface area (Å²) in [6.45, 7) is 9.63. The molecule has 3 fully saturated rings. The van der Waals surface area contributed by atoms with Gasteiger partial charge in [0.25, 0.3) is 0 Å². The van der Waals surface area contributed by atoms with Gasteiger partial charge in [-0.05, 0) is 75.3 Å². The summed E-state index contributed by atoms with van der Waals surface area (Å²) < 4.78 is 2.32. The molecule has 1 N–H and O–H groups in total. The normalized spacial score (nSPS) is 24.1. The summed E-state index contributed by atoms with van der Waals surface area (Å²) in [6.07, 6.45) is 6.82. The fraction of sp³-hybridized carbons (Fsp3) is 0.677. The summed E-state index contributed by atoms with van der Waals surface area (Å²) in [4.78, 5) is 28.5. The van der Waals surface area contributed by atoms with E-state index in [9.17, 15) is 14.7 Å². The van der Waals surface area contributed by atoms with Crippen LogP contribution in [0.4, 0.5) is 0 Å². The molecular weight excluding hydrogens is 476 g/mol. The van der Waals surface area contributed by atoms with E-state index in [2.05, 4.69) is 44.4 Å². The summed E-state index contributed by atoms with van der Waals surface area (Å²) in [5.41, 5.74) is 3.36. The molecule has 1 aromatic heterocycles. The monoisotopic (exact) mass is 520 g/mol. The van der Waals surface area contributed by atoms with Crippen LogP contribution >= 0.6 is 0 Å². The number of β-amino-alcohol motifs (C(OH)–C–C–N with tert-alkyl or cyclic N) is 1. The van der Waals surface area contributed by atoms with E-state index >= 15 is 0 Å². The van der Waals surface area contributed by atoms with E-state index in [1.807, 2.05) is 6.07 Å². The molecule has 2 aromatic rings. The molecule has 1 unspecified atom stereocenters. The molecule has 0 spiro atoms. The van der Waals surface area contributed by atoms with Crippen LogP contribution in [0.2, 0.25) is 0 Å². The van der Waals surface area contributed by atoms with Crippen LogP contribution in [-0.2, 0) is 16.0 Å². The predicted molar refractivity (Wildman–Crippen MR) is 147 cm³/mol. The Morgan fingerprint density at radius 3 is 2.47 bits per heavy atom. The molecule has 0 bridgehead atoms. The summed E-state index contributed by atoms with van der Waals surface area (Å²) in [5, 5.41) is 19.4. The highest BCUT2D eigenvalue weighted by Gasteiger charge is 2.40. The van der Waals surface area contributed by atoms with Gasteiger partial charge in [0, 0.05) is 50.2 Å². The minimum absolute atomic E-state index is 0.00148. The van der Waals surface area contributed by atoms with E-state index in [-0.39, 0.29) is 30.4 Å². The number of aromatic nitrogens is 3. The topological polar surface area (TPSA) is 88.3 Å². The van der Waals surface area contributed by atoms with Crippen molar-refractivity contribution in [3.63, 3.8) is 0 Å². The molecule has 2 atom stereocenters. The van der Waals surface area contributed by atoms with Crippen LogP contribution in [0.25, 0.3) is 0 Å². The van der Waals surface area contributed by atoms with Crippen molar-refractivity contribution in [3.05, 3.63) is 46.5 Å². The number of aryl methyl sites for hydroxylation is 2. The number of Topliss-reactive ketones (excluding diaryl/α,β-unsaturated/α-hetero) is 1. The molecule has 206 valence electrons. The maximum Gasteiger partial charge on any atom is 0.223 e. The average Bonchev–Trinajstić information content (AvgIpc) is 3.42. The van der Waals surface area contributed by atoms with Crippen molar-refractivity contribution in [3.8, 4) is 0 Å². The Hall–Kier alpha value is -2.54. The van der Waals surface area contributed by atoms with Crippen molar-refractivity contribution in [1.82, 2.24) is 19.7 Å². The van der Waals surface area contributed by atoms with Crippen molar-refractivity contribution in [2.45, 2.75) is 109 Å². The van der Waals surface area contributed by atoms with E-state index < -0.39 is 6.10 Å². The summed E-state index contributed by atoms with van der Waals surface area (Å²) in [5.74, 6) is 3.60. The first kappa shape index (κ1) is 27.0. The number of hydrogen-bond donors (Lipinski definition) is 1. The molecular formula is C31H44N4O3. The number of ketones is 1. The third-order valence-electron chi connectivity index (χ3n) is 8.73. The highest BCUT2D eigenvalue weighted by molar-refractivity contribution is 5.83. The summed E-state index contributed by atoms with van der Waals surface area (Å²) >= 11 is 0. The number of carbonyl (C=O) groups excluding carboxylic acids is 2. The Morgan fingerprint density at radius 2 is 1.84 bits per heavy atom. The maximum atomic E-state index is 13.4. The number of carbonyl (C=O) groups is 2. The Bertz CT molecular complexity index is 1160. The lowest BCUT2D eigenvalue weighted by atomic mass is 9.71. The van der Waals surface area contributed by atoms with Crippen molar-refractivity contribution in [2.24, 2.45) is 11.8 Å². The van der Waals surface area contributed by atoms with E-state index in [1.165, 1.54) is 12.0 Å². The quantitative estimate of drug-likeness (QED) is 0.449. The van der Waals surface area contributed by atoms with Crippen molar-refractivity contribution in [2.75, 3.05) is 13.1 Å². The average molecular weight is 521 g/mol. The minimum Gasteiger partial charge on any atom is -0.391 e. The Morgan fingerprint density at radius 1 is 1.08 bits per heavy atom. The van der Waals surface area contributed by atoms with E-state index in [4.69, 9.17) is 10.2 Å². The smallest absolute Gasteiger partial charge is 0.223 e. The zero-order chi connectivity index (χ0) is 27.0. The van der Waals surface area contributed by atoms with Gasteiger partial charge in [-0.3, -0.25) is 9.59 Å². The predicted octanol–water partition coefficient (Wildman–Crippen LogP) is 5.04. The van der Waals surface area contributed by atoms with Gasteiger partial charge in [0.2, 0.25) is 5.91 Å². The second kappa shape index (κ2) is 11.3. The first-order valence-electron chi connectivity index (χ1n) is 14.7. The zero-order valence-electron chi connectivity index (χ0n) is 23.5. The number of likely N-dealkylation sites (tertiary alicyclic amines) is 1. The molecule has 7 heteroatoms. The van der Waals surface area contributed by atoms with Gasteiger partial charge in [-0.1, -0.05) is 37.6 Å². The largest absolute Gasteiger partial charge is 0.391 e. The second-order valence-corrected chi connectivity index (χ2v) is 12.7. The molecule has 0 radical (unpaired) electrons. The number of rotatable bonds is 11. The molecule has 5 rings (SSSR count). The van der Waals surface area contributed by atoms with Gasteiger partial charge >= 0.3 is 0 Å². The standard InChI is InChI=1S/C31H44N4O3/c1-19(2)11-22-13-24(14-22)30-32-33-31(35(30)26-7-8-26)25(17-29(38)34-10-9-27(36)18-34)16-28(37)15-23-6-5-20(3)12-21(23)4/h5-6,12,19,22,24-27,36H,7-11,13-18H2,1-4H3/t22?,24?,25?,27-/m0/s1. The lowest BCUT2D eigenvalue weighted by molar-refractivity contribution is -0.131. The van der Waals surface area contributed by atoms with Gasteiger partial charge < -0.3 is 14.6 Å². The lowest BCUT2D eigenvalue weighted by Crippen LogP contribution is -2.32. The number of benzene rings is 1. The van der Waals surface area contributed by atoms with Crippen LogP contribution in [0, 0.1) is 25.7 Å².